The zero-order chi connectivity index (χ0) is 15.9. The molecule has 2 aliphatic heterocycles. The number of hydrogen-bond donors (Lipinski definition) is 1. The lowest BCUT2D eigenvalue weighted by atomic mass is 9.79. The molecule has 3 rings (SSSR count). The Kier molecular flexibility index (Phi) is 5.39. The van der Waals surface area contributed by atoms with Crippen LogP contribution >= 0.6 is 12.4 Å². The van der Waals surface area contributed by atoms with Crippen molar-refractivity contribution in [3.05, 3.63) is 29.8 Å². The van der Waals surface area contributed by atoms with Gasteiger partial charge in [0.2, 0.25) is 5.91 Å². The molecule has 0 aromatic heterocycles. The summed E-state index contributed by atoms with van der Waals surface area (Å²) in [6.07, 6.45) is 1.89. The van der Waals surface area contributed by atoms with Gasteiger partial charge in [-0.1, -0.05) is 31.5 Å². The molecule has 2 unspecified atom stereocenters. The van der Waals surface area contributed by atoms with Gasteiger partial charge in [0.05, 0.1) is 6.04 Å². The number of aryl methyl sites for hydroxylation is 1. The molecule has 0 spiro atoms. The molecule has 2 N–H and O–H groups in total. The number of amides is 1. The van der Waals surface area contributed by atoms with E-state index < -0.39 is 0 Å². The fourth-order valence-corrected chi connectivity index (χ4v) is 3.67. The standard InChI is InChI=1S/C18H27N3O.ClH/c1-13-4-6-14(7-5-13)21-11-8-15(17(21)22)20-10-9-16(19)18(2,3)12-20;/h4-7,15-16H,8-12,19H2,1-3H3;1H. The van der Waals surface area contributed by atoms with E-state index in [-0.39, 0.29) is 35.8 Å². The van der Waals surface area contributed by atoms with E-state index in [1.165, 1.54) is 5.56 Å². The summed E-state index contributed by atoms with van der Waals surface area (Å²) in [5.74, 6) is 0.245. The van der Waals surface area contributed by atoms with Crippen LogP contribution in [0.1, 0.15) is 32.3 Å². The van der Waals surface area contributed by atoms with Gasteiger partial charge in [-0.05, 0) is 37.3 Å². The molecule has 0 bridgehead atoms. The summed E-state index contributed by atoms with van der Waals surface area (Å²) in [5, 5.41) is 0. The topological polar surface area (TPSA) is 49.6 Å². The first-order valence-electron chi connectivity index (χ1n) is 8.26. The third-order valence-corrected chi connectivity index (χ3v) is 5.31. The highest BCUT2D eigenvalue weighted by Gasteiger charge is 2.42. The van der Waals surface area contributed by atoms with Crippen LogP contribution in [0.25, 0.3) is 0 Å². The average Bonchev–Trinajstić information content (AvgIpc) is 2.85. The third-order valence-electron chi connectivity index (χ3n) is 5.31. The minimum atomic E-state index is 0. The highest BCUT2D eigenvalue weighted by atomic mass is 35.5. The largest absolute Gasteiger partial charge is 0.327 e. The number of carbonyl (C=O) groups excluding carboxylic acids is 1. The quantitative estimate of drug-likeness (QED) is 0.902. The van der Waals surface area contributed by atoms with Crippen LogP contribution in [0.3, 0.4) is 0 Å². The molecular weight excluding hydrogens is 310 g/mol. The molecule has 1 amide bonds. The van der Waals surface area contributed by atoms with Gasteiger partial charge < -0.3 is 10.6 Å². The number of piperidine rings is 1. The molecule has 23 heavy (non-hydrogen) atoms. The number of rotatable bonds is 2. The molecule has 5 heteroatoms. The molecule has 0 aliphatic carbocycles. The molecule has 2 aliphatic rings. The molecule has 2 atom stereocenters. The van der Waals surface area contributed by atoms with Gasteiger partial charge in [0.1, 0.15) is 0 Å². The highest BCUT2D eigenvalue weighted by molar-refractivity contribution is 5.99. The Morgan fingerprint density at radius 1 is 1.13 bits per heavy atom. The van der Waals surface area contributed by atoms with E-state index in [1.54, 1.807) is 0 Å². The maximum absolute atomic E-state index is 12.8. The van der Waals surface area contributed by atoms with E-state index in [0.717, 1.165) is 38.2 Å². The molecule has 2 heterocycles. The van der Waals surface area contributed by atoms with Crippen molar-refractivity contribution in [3.63, 3.8) is 0 Å². The van der Waals surface area contributed by atoms with Gasteiger partial charge in [0.15, 0.2) is 0 Å². The lowest BCUT2D eigenvalue weighted by Gasteiger charge is -2.44. The Hall–Kier alpha value is -1.10. The van der Waals surface area contributed by atoms with E-state index in [0.29, 0.717) is 0 Å². The van der Waals surface area contributed by atoms with E-state index in [4.69, 9.17) is 5.73 Å². The smallest absolute Gasteiger partial charge is 0.244 e. The van der Waals surface area contributed by atoms with Gasteiger partial charge in [0.25, 0.3) is 0 Å². The molecule has 1 aromatic carbocycles. The van der Waals surface area contributed by atoms with E-state index in [9.17, 15) is 4.79 Å². The first kappa shape index (κ1) is 18.2. The van der Waals surface area contributed by atoms with Gasteiger partial charge in [0, 0.05) is 31.4 Å². The van der Waals surface area contributed by atoms with Crippen LogP contribution in [-0.2, 0) is 4.79 Å². The Morgan fingerprint density at radius 2 is 1.78 bits per heavy atom. The number of carbonyl (C=O) groups is 1. The summed E-state index contributed by atoms with van der Waals surface area (Å²) in [4.78, 5) is 17.1. The van der Waals surface area contributed by atoms with Gasteiger partial charge in [-0.25, -0.2) is 0 Å². The normalized spacial score (nSPS) is 27.8. The Labute approximate surface area is 145 Å². The first-order chi connectivity index (χ1) is 10.4. The van der Waals surface area contributed by atoms with Crippen LogP contribution in [0.5, 0.6) is 0 Å². The molecule has 1 aromatic rings. The van der Waals surface area contributed by atoms with E-state index in [2.05, 4.69) is 37.8 Å². The predicted octanol–water partition coefficient (Wildman–Crippen LogP) is 2.58. The van der Waals surface area contributed by atoms with Crippen LogP contribution < -0.4 is 10.6 Å². The first-order valence-corrected chi connectivity index (χ1v) is 8.26. The number of nitrogens with zero attached hydrogens (tertiary/aromatic N) is 2. The zero-order valence-electron chi connectivity index (χ0n) is 14.3. The Bertz CT molecular complexity index is 558. The Morgan fingerprint density at radius 3 is 2.39 bits per heavy atom. The van der Waals surface area contributed by atoms with E-state index >= 15 is 0 Å². The van der Waals surface area contributed by atoms with Gasteiger partial charge in [-0.2, -0.15) is 0 Å². The highest BCUT2D eigenvalue weighted by Crippen LogP contribution is 2.32. The summed E-state index contributed by atoms with van der Waals surface area (Å²) in [5.41, 5.74) is 8.54. The molecule has 128 valence electrons. The maximum atomic E-state index is 12.8. The summed E-state index contributed by atoms with van der Waals surface area (Å²) < 4.78 is 0. The monoisotopic (exact) mass is 337 g/mol. The van der Waals surface area contributed by atoms with Crippen molar-refractivity contribution < 1.29 is 4.79 Å². The minimum absolute atomic E-state index is 0. The molecule has 0 saturated carbocycles. The van der Waals surface area contributed by atoms with Crippen molar-refractivity contribution in [2.45, 2.75) is 45.7 Å². The van der Waals surface area contributed by atoms with Crippen molar-refractivity contribution in [3.8, 4) is 0 Å². The fourth-order valence-electron chi connectivity index (χ4n) is 3.67. The minimum Gasteiger partial charge on any atom is -0.327 e. The van der Waals surface area contributed by atoms with Gasteiger partial charge in [-0.15, -0.1) is 12.4 Å². The van der Waals surface area contributed by atoms with Crippen molar-refractivity contribution in [2.75, 3.05) is 24.5 Å². The van der Waals surface area contributed by atoms with Crippen LogP contribution in [0.4, 0.5) is 5.69 Å². The number of likely N-dealkylation sites (tertiary alicyclic amines) is 1. The molecule has 2 fully saturated rings. The van der Waals surface area contributed by atoms with Crippen LogP contribution in [-0.4, -0.2) is 42.5 Å². The maximum Gasteiger partial charge on any atom is 0.244 e. The SMILES string of the molecule is Cc1ccc(N2CCC(N3CCC(N)C(C)(C)C3)C2=O)cc1.Cl. The van der Waals surface area contributed by atoms with Crippen molar-refractivity contribution in [1.82, 2.24) is 4.90 Å². The number of anilines is 1. The Balaban J connectivity index is 0.00000192. The average molecular weight is 338 g/mol. The fraction of sp³-hybridized carbons (Fsp3) is 0.611. The molecule has 2 saturated heterocycles. The summed E-state index contributed by atoms with van der Waals surface area (Å²) >= 11 is 0. The second-order valence-corrected chi connectivity index (χ2v) is 7.48. The van der Waals surface area contributed by atoms with Crippen LogP contribution in [0.15, 0.2) is 24.3 Å². The summed E-state index contributed by atoms with van der Waals surface area (Å²) in [6, 6.07) is 8.48. The molecule has 4 nitrogen and oxygen atoms in total. The summed E-state index contributed by atoms with van der Waals surface area (Å²) in [7, 11) is 0. The van der Waals surface area contributed by atoms with Crippen LogP contribution in [0, 0.1) is 12.3 Å². The second-order valence-electron chi connectivity index (χ2n) is 7.48. The predicted molar refractivity (Wildman–Crippen MR) is 97.1 cm³/mol. The van der Waals surface area contributed by atoms with Crippen LogP contribution in [0.2, 0.25) is 0 Å². The second kappa shape index (κ2) is 6.80. The summed E-state index contributed by atoms with van der Waals surface area (Å²) in [6.45, 7) is 9.14. The van der Waals surface area contributed by atoms with Gasteiger partial charge >= 0.3 is 0 Å². The number of hydrogen-bond acceptors (Lipinski definition) is 3. The molecular formula is C18H28ClN3O. The number of halogens is 1. The van der Waals surface area contributed by atoms with Gasteiger partial charge in [-0.3, -0.25) is 9.69 Å². The van der Waals surface area contributed by atoms with Crippen molar-refractivity contribution in [1.29, 1.82) is 0 Å². The molecule has 0 radical (unpaired) electrons. The third kappa shape index (κ3) is 3.54. The number of nitrogens with two attached hydrogens (primary N) is 1. The lowest BCUT2D eigenvalue weighted by Crippen LogP contribution is -2.56. The van der Waals surface area contributed by atoms with Crippen molar-refractivity contribution >= 4 is 24.0 Å². The van der Waals surface area contributed by atoms with Crippen molar-refractivity contribution in [2.24, 2.45) is 11.1 Å². The van der Waals surface area contributed by atoms with E-state index in [1.807, 2.05) is 17.0 Å². The lowest BCUT2D eigenvalue weighted by molar-refractivity contribution is -0.122. The number of benzene rings is 1. The zero-order valence-corrected chi connectivity index (χ0v) is 15.1.